The Morgan fingerprint density at radius 1 is 0.900 bits per heavy atom. The topological polar surface area (TPSA) is 26.3 Å². The van der Waals surface area contributed by atoms with Crippen LogP contribution in [0.15, 0.2) is 54.1 Å². The molecule has 3 rings (SSSR count). The molecule has 0 N–H and O–H groups in total. The third kappa shape index (κ3) is 2.37. The van der Waals surface area contributed by atoms with Crippen LogP contribution in [0.3, 0.4) is 0 Å². The van der Waals surface area contributed by atoms with Crippen LogP contribution in [0.4, 0.5) is 0 Å². The molecule has 2 aromatic rings. The molecule has 2 aromatic carbocycles. The third-order valence-corrected chi connectivity index (χ3v) is 3.71. The molecule has 1 aliphatic carbocycles. The lowest BCUT2D eigenvalue weighted by Gasteiger charge is -2.16. The van der Waals surface area contributed by atoms with Crippen LogP contribution in [0, 0.1) is 0 Å². The van der Waals surface area contributed by atoms with Crippen molar-refractivity contribution < 1.29 is 9.53 Å². The summed E-state index contributed by atoms with van der Waals surface area (Å²) in [5, 5.41) is 0. The fourth-order valence-corrected chi connectivity index (χ4v) is 2.65. The number of carbonyl (C=O) groups excluding carboxylic acids is 1. The van der Waals surface area contributed by atoms with Crippen LogP contribution in [0.25, 0.3) is 6.08 Å². The Morgan fingerprint density at radius 3 is 2.20 bits per heavy atom. The fourth-order valence-electron chi connectivity index (χ4n) is 2.65. The molecule has 0 radical (unpaired) electrons. The molecule has 20 heavy (non-hydrogen) atoms. The van der Waals surface area contributed by atoms with Crippen molar-refractivity contribution in [2.75, 3.05) is 7.11 Å². The Kier molecular flexibility index (Phi) is 3.38. The summed E-state index contributed by atoms with van der Waals surface area (Å²) < 4.78 is 4.91. The Morgan fingerprint density at radius 2 is 1.50 bits per heavy atom. The summed E-state index contributed by atoms with van der Waals surface area (Å²) in [6.07, 6.45) is 3.48. The molecular formula is C18H16O2. The van der Waals surface area contributed by atoms with E-state index in [0.29, 0.717) is 12.0 Å². The molecule has 0 fully saturated rings. The van der Waals surface area contributed by atoms with Gasteiger partial charge in [-0.05, 0) is 34.8 Å². The lowest BCUT2D eigenvalue weighted by molar-refractivity contribution is -0.136. The van der Waals surface area contributed by atoms with Gasteiger partial charge in [0.2, 0.25) is 0 Å². The van der Waals surface area contributed by atoms with E-state index in [0.717, 1.165) is 12.0 Å². The lowest BCUT2D eigenvalue weighted by atomic mass is 9.89. The molecule has 0 spiro atoms. The van der Waals surface area contributed by atoms with Gasteiger partial charge in [-0.3, -0.25) is 0 Å². The van der Waals surface area contributed by atoms with E-state index >= 15 is 0 Å². The monoisotopic (exact) mass is 264 g/mol. The van der Waals surface area contributed by atoms with Gasteiger partial charge in [0.1, 0.15) is 0 Å². The minimum Gasteiger partial charge on any atom is -0.466 e. The van der Waals surface area contributed by atoms with Crippen molar-refractivity contribution in [3.05, 3.63) is 76.4 Å². The Balaban J connectivity index is 2.17. The summed E-state index contributed by atoms with van der Waals surface area (Å²) >= 11 is 0. The molecule has 2 nitrogen and oxygen atoms in total. The molecule has 0 saturated carbocycles. The van der Waals surface area contributed by atoms with Crippen molar-refractivity contribution in [2.45, 2.75) is 12.8 Å². The normalized spacial score (nSPS) is 15.9. The number of rotatable bonds is 1. The first-order valence-corrected chi connectivity index (χ1v) is 6.71. The molecule has 0 saturated heterocycles. The van der Waals surface area contributed by atoms with Crippen LogP contribution in [-0.2, 0) is 22.4 Å². The molecule has 0 aliphatic heterocycles. The number of ether oxygens (including phenoxy) is 1. The van der Waals surface area contributed by atoms with Gasteiger partial charge in [0.05, 0.1) is 7.11 Å². The van der Waals surface area contributed by atoms with Gasteiger partial charge in [0.25, 0.3) is 0 Å². The maximum absolute atomic E-state index is 12.0. The fraction of sp³-hybridized carbons (Fsp3) is 0.167. The average Bonchev–Trinajstić information content (AvgIpc) is 2.46. The maximum atomic E-state index is 12.0. The number of methoxy groups -OCH3 is 1. The number of benzene rings is 2. The zero-order chi connectivity index (χ0) is 13.9. The van der Waals surface area contributed by atoms with E-state index in [9.17, 15) is 4.79 Å². The highest BCUT2D eigenvalue weighted by atomic mass is 16.5. The SMILES string of the molecule is COC(=O)/C1=C/c2ccccc2Cc2ccccc2C1. The highest BCUT2D eigenvalue weighted by molar-refractivity contribution is 5.94. The standard InChI is InChI=1S/C18H16O2/c1-20-18(19)17-11-15-8-4-2-6-13(15)10-14-7-3-5-9-16(14)12-17/h2-9,11H,10,12H2,1H3/b17-11+. The minimum absolute atomic E-state index is 0.253. The largest absolute Gasteiger partial charge is 0.466 e. The maximum Gasteiger partial charge on any atom is 0.334 e. The van der Waals surface area contributed by atoms with Gasteiger partial charge in [0.15, 0.2) is 0 Å². The van der Waals surface area contributed by atoms with Crippen molar-refractivity contribution in [1.82, 2.24) is 0 Å². The summed E-state index contributed by atoms with van der Waals surface area (Å²) in [5.41, 5.74) is 5.50. The van der Waals surface area contributed by atoms with Crippen LogP contribution in [-0.4, -0.2) is 13.1 Å². The molecule has 0 aromatic heterocycles. The molecule has 0 amide bonds. The number of hydrogen-bond acceptors (Lipinski definition) is 2. The summed E-state index contributed by atoms with van der Waals surface area (Å²) in [7, 11) is 1.43. The predicted octanol–water partition coefficient (Wildman–Crippen LogP) is 3.39. The number of esters is 1. The first-order valence-electron chi connectivity index (χ1n) is 6.71. The smallest absolute Gasteiger partial charge is 0.334 e. The Hall–Kier alpha value is -2.35. The summed E-state index contributed by atoms with van der Waals surface area (Å²) in [6, 6.07) is 16.5. The second-order valence-electron chi connectivity index (χ2n) is 4.98. The second-order valence-corrected chi connectivity index (χ2v) is 4.98. The van der Waals surface area contributed by atoms with Gasteiger partial charge in [-0.25, -0.2) is 4.79 Å². The minimum atomic E-state index is -0.253. The van der Waals surface area contributed by atoms with E-state index in [2.05, 4.69) is 18.2 Å². The van der Waals surface area contributed by atoms with Crippen molar-refractivity contribution >= 4 is 12.0 Å². The lowest BCUT2D eigenvalue weighted by Crippen LogP contribution is -2.11. The van der Waals surface area contributed by atoms with Gasteiger partial charge < -0.3 is 4.74 Å². The third-order valence-electron chi connectivity index (χ3n) is 3.71. The second kappa shape index (κ2) is 5.33. The molecule has 2 heteroatoms. The zero-order valence-electron chi connectivity index (χ0n) is 11.4. The van der Waals surface area contributed by atoms with Gasteiger partial charge in [0, 0.05) is 12.0 Å². The molecule has 1 aliphatic rings. The summed E-state index contributed by atoms with van der Waals surface area (Å²) in [6.45, 7) is 0. The van der Waals surface area contributed by atoms with E-state index in [1.807, 2.05) is 36.4 Å². The average molecular weight is 264 g/mol. The highest BCUT2D eigenvalue weighted by Gasteiger charge is 2.17. The van der Waals surface area contributed by atoms with Gasteiger partial charge in [-0.2, -0.15) is 0 Å². The molecule has 0 unspecified atom stereocenters. The molecule has 0 bridgehead atoms. The highest BCUT2D eigenvalue weighted by Crippen LogP contribution is 2.25. The van der Waals surface area contributed by atoms with Crippen LogP contribution < -0.4 is 0 Å². The zero-order valence-corrected chi connectivity index (χ0v) is 11.4. The quantitative estimate of drug-likeness (QED) is 0.738. The van der Waals surface area contributed by atoms with Gasteiger partial charge in [-0.1, -0.05) is 48.5 Å². The predicted molar refractivity (Wildman–Crippen MR) is 79.4 cm³/mol. The van der Waals surface area contributed by atoms with E-state index in [1.165, 1.54) is 23.8 Å². The van der Waals surface area contributed by atoms with Crippen LogP contribution in [0.1, 0.15) is 22.3 Å². The van der Waals surface area contributed by atoms with E-state index in [1.54, 1.807) is 0 Å². The van der Waals surface area contributed by atoms with Crippen LogP contribution in [0.5, 0.6) is 0 Å². The number of hydrogen-bond donors (Lipinski definition) is 0. The van der Waals surface area contributed by atoms with Crippen molar-refractivity contribution in [3.8, 4) is 0 Å². The first-order chi connectivity index (χ1) is 9.78. The van der Waals surface area contributed by atoms with Crippen molar-refractivity contribution in [3.63, 3.8) is 0 Å². The van der Waals surface area contributed by atoms with E-state index in [-0.39, 0.29) is 5.97 Å². The molecule has 0 heterocycles. The van der Waals surface area contributed by atoms with Crippen LogP contribution >= 0.6 is 0 Å². The van der Waals surface area contributed by atoms with Crippen molar-refractivity contribution in [1.29, 1.82) is 0 Å². The van der Waals surface area contributed by atoms with Gasteiger partial charge >= 0.3 is 5.97 Å². The molecule has 100 valence electrons. The molecule has 0 atom stereocenters. The summed E-state index contributed by atoms with van der Waals surface area (Å²) in [5.74, 6) is -0.253. The van der Waals surface area contributed by atoms with Gasteiger partial charge in [-0.15, -0.1) is 0 Å². The number of fused-ring (bicyclic) bond motifs is 2. The van der Waals surface area contributed by atoms with Crippen LogP contribution in [0.2, 0.25) is 0 Å². The first kappa shape index (κ1) is 12.7. The number of carbonyl (C=O) groups is 1. The Labute approximate surface area is 118 Å². The Bertz CT molecular complexity index is 683. The van der Waals surface area contributed by atoms with E-state index in [4.69, 9.17) is 4.74 Å². The molecular weight excluding hydrogens is 248 g/mol. The van der Waals surface area contributed by atoms with E-state index < -0.39 is 0 Å². The summed E-state index contributed by atoms with van der Waals surface area (Å²) in [4.78, 5) is 12.0. The van der Waals surface area contributed by atoms with Crippen molar-refractivity contribution in [2.24, 2.45) is 0 Å².